The van der Waals surface area contributed by atoms with E-state index in [0.717, 1.165) is 25.8 Å². The Hall–Kier alpha value is -2.80. The maximum absolute atomic E-state index is 13.0. The van der Waals surface area contributed by atoms with Crippen LogP contribution in [0.4, 0.5) is 10.5 Å². The zero-order valence-electron chi connectivity index (χ0n) is 19.8. The second-order valence-electron chi connectivity index (χ2n) is 7.98. The number of thioether (sulfide) groups is 1. The van der Waals surface area contributed by atoms with Crippen molar-refractivity contribution in [2.24, 2.45) is 0 Å². The van der Waals surface area contributed by atoms with Crippen LogP contribution in [0.15, 0.2) is 59.5 Å². The lowest BCUT2D eigenvalue weighted by Crippen LogP contribution is -2.27. The van der Waals surface area contributed by atoms with E-state index in [1.807, 2.05) is 13.0 Å². The van der Waals surface area contributed by atoms with E-state index in [-0.39, 0.29) is 23.7 Å². The van der Waals surface area contributed by atoms with Crippen LogP contribution in [0, 0.1) is 13.7 Å². The molecule has 1 saturated heterocycles. The molecule has 0 atom stereocenters. The Balaban J connectivity index is 1.54. The van der Waals surface area contributed by atoms with Crippen molar-refractivity contribution in [1.29, 1.82) is 0 Å². The molecule has 0 N–H and O–H groups in total. The smallest absolute Gasteiger partial charge is 0.293 e. The second-order valence-corrected chi connectivity index (χ2v) is 11.0. The van der Waals surface area contributed by atoms with Crippen molar-refractivity contribution in [1.82, 2.24) is 4.90 Å². The molecule has 1 heterocycles. The zero-order chi connectivity index (χ0) is 27.4. The van der Waals surface area contributed by atoms with Crippen molar-refractivity contribution >= 4 is 80.5 Å². The van der Waals surface area contributed by atoms with Crippen LogP contribution in [-0.4, -0.2) is 27.6 Å². The summed E-state index contributed by atoms with van der Waals surface area (Å²) in [6.07, 6.45) is 1.64. The van der Waals surface area contributed by atoms with Gasteiger partial charge in [0, 0.05) is 22.2 Å². The number of hydrogen-bond acceptors (Lipinski definition) is 7. The molecule has 1 aliphatic rings. The number of rotatable bonds is 9. The maximum atomic E-state index is 13.0. The lowest BCUT2D eigenvalue weighted by molar-refractivity contribution is -0.384. The van der Waals surface area contributed by atoms with Crippen molar-refractivity contribution in [2.45, 2.75) is 20.1 Å². The predicted octanol–water partition coefficient (Wildman–Crippen LogP) is 7.72. The molecule has 12 heteroatoms. The summed E-state index contributed by atoms with van der Waals surface area (Å²) in [5.41, 5.74) is 2.04. The predicted molar refractivity (Wildman–Crippen MR) is 156 cm³/mol. The van der Waals surface area contributed by atoms with E-state index in [1.54, 1.807) is 42.5 Å². The van der Waals surface area contributed by atoms with Crippen molar-refractivity contribution < 1.29 is 24.0 Å². The van der Waals surface area contributed by atoms with E-state index in [2.05, 4.69) is 22.6 Å². The molecule has 0 saturated carbocycles. The Bertz CT molecular complexity index is 1450. The zero-order valence-corrected chi connectivity index (χ0v) is 24.3. The fraction of sp³-hybridized carbons (Fsp3) is 0.154. The Kier molecular flexibility index (Phi) is 9.19. The van der Waals surface area contributed by atoms with Crippen LogP contribution in [0.3, 0.4) is 0 Å². The third-order valence-corrected chi connectivity index (χ3v) is 7.67. The largest absolute Gasteiger partial charge is 0.490 e. The molecule has 4 rings (SSSR count). The van der Waals surface area contributed by atoms with E-state index in [0.29, 0.717) is 39.3 Å². The van der Waals surface area contributed by atoms with Crippen molar-refractivity contribution in [3.05, 3.63) is 99.9 Å². The van der Waals surface area contributed by atoms with Gasteiger partial charge in [0.1, 0.15) is 6.61 Å². The van der Waals surface area contributed by atoms with E-state index in [1.165, 1.54) is 12.1 Å². The van der Waals surface area contributed by atoms with Crippen LogP contribution in [0.1, 0.15) is 23.6 Å². The third-order valence-electron chi connectivity index (χ3n) is 5.38. The van der Waals surface area contributed by atoms with Gasteiger partial charge < -0.3 is 9.47 Å². The molecule has 3 aromatic carbocycles. The van der Waals surface area contributed by atoms with Gasteiger partial charge in [0.25, 0.3) is 16.8 Å². The number of carbonyl (C=O) groups is 2. The van der Waals surface area contributed by atoms with Crippen LogP contribution in [-0.2, 0) is 17.9 Å². The van der Waals surface area contributed by atoms with Gasteiger partial charge in [-0.05, 0) is 100 Å². The van der Waals surface area contributed by atoms with Gasteiger partial charge in [0.05, 0.1) is 26.6 Å². The van der Waals surface area contributed by atoms with Gasteiger partial charge in [0.15, 0.2) is 11.5 Å². The van der Waals surface area contributed by atoms with Crippen LogP contribution >= 0.6 is 57.6 Å². The van der Waals surface area contributed by atoms with Crippen LogP contribution < -0.4 is 9.47 Å². The number of nitro groups is 1. The SMILES string of the molecule is CCOc1cc(/C=C2\SC(=O)N(Cc3ccc(Cl)cc3Cl)C2=O)cc(I)c1OCc1ccc([N+](=O)[O-])cc1. The van der Waals surface area contributed by atoms with E-state index in [9.17, 15) is 19.7 Å². The van der Waals surface area contributed by atoms with Gasteiger partial charge in [0.2, 0.25) is 0 Å². The number of hydrogen-bond donors (Lipinski definition) is 0. The first-order valence-corrected chi connectivity index (χ1v) is 13.8. The number of nitrogens with zero attached hydrogens (tertiary/aromatic N) is 2. The third kappa shape index (κ3) is 6.60. The lowest BCUT2D eigenvalue weighted by atomic mass is 10.1. The molecule has 8 nitrogen and oxygen atoms in total. The Morgan fingerprint density at radius 1 is 1.08 bits per heavy atom. The summed E-state index contributed by atoms with van der Waals surface area (Å²) in [6.45, 7) is 2.44. The second kappa shape index (κ2) is 12.4. The molecular weight excluding hydrogens is 666 g/mol. The highest BCUT2D eigenvalue weighted by Crippen LogP contribution is 2.38. The fourth-order valence-corrected chi connectivity index (χ4v) is 5.64. The van der Waals surface area contributed by atoms with Crippen molar-refractivity contribution in [2.75, 3.05) is 6.61 Å². The maximum Gasteiger partial charge on any atom is 0.293 e. The normalized spacial score (nSPS) is 14.3. The van der Waals surface area contributed by atoms with Crippen molar-refractivity contribution in [3.63, 3.8) is 0 Å². The number of nitro benzene ring substituents is 1. The van der Waals surface area contributed by atoms with Gasteiger partial charge in [-0.3, -0.25) is 24.6 Å². The summed E-state index contributed by atoms with van der Waals surface area (Å²) in [5.74, 6) is 0.561. The minimum Gasteiger partial charge on any atom is -0.490 e. The molecule has 196 valence electrons. The summed E-state index contributed by atoms with van der Waals surface area (Å²) in [4.78, 5) is 37.5. The summed E-state index contributed by atoms with van der Waals surface area (Å²) in [6, 6.07) is 14.6. The number of non-ortho nitro benzene ring substituents is 1. The first-order chi connectivity index (χ1) is 18.2. The number of amides is 2. The van der Waals surface area contributed by atoms with Crippen LogP contribution in [0.25, 0.3) is 6.08 Å². The van der Waals surface area contributed by atoms with Gasteiger partial charge in [-0.1, -0.05) is 29.3 Å². The number of benzene rings is 3. The first-order valence-electron chi connectivity index (χ1n) is 11.2. The van der Waals surface area contributed by atoms with Crippen LogP contribution in [0.2, 0.25) is 10.0 Å². The number of ether oxygens (including phenoxy) is 2. The van der Waals surface area contributed by atoms with Gasteiger partial charge >= 0.3 is 0 Å². The summed E-state index contributed by atoms with van der Waals surface area (Å²) >= 11 is 15.1. The Morgan fingerprint density at radius 3 is 2.47 bits per heavy atom. The molecule has 3 aromatic rings. The topological polar surface area (TPSA) is 99.0 Å². The number of carbonyl (C=O) groups excluding carboxylic acids is 2. The monoisotopic (exact) mass is 684 g/mol. The number of halogens is 3. The molecule has 0 bridgehead atoms. The van der Waals surface area contributed by atoms with Gasteiger partial charge in [-0.2, -0.15) is 0 Å². The molecule has 1 aliphatic heterocycles. The minimum absolute atomic E-state index is 0.00312. The molecule has 0 aromatic heterocycles. The van der Waals surface area contributed by atoms with Gasteiger partial charge in [-0.25, -0.2) is 0 Å². The molecule has 0 radical (unpaired) electrons. The van der Waals surface area contributed by atoms with E-state index < -0.39 is 16.1 Å². The quantitative estimate of drug-likeness (QED) is 0.0985. The van der Waals surface area contributed by atoms with E-state index >= 15 is 0 Å². The highest BCUT2D eigenvalue weighted by molar-refractivity contribution is 14.1. The lowest BCUT2D eigenvalue weighted by Gasteiger charge is -2.15. The summed E-state index contributed by atoms with van der Waals surface area (Å²) in [7, 11) is 0. The Labute approximate surface area is 246 Å². The highest BCUT2D eigenvalue weighted by atomic mass is 127. The molecule has 0 spiro atoms. The van der Waals surface area contributed by atoms with Crippen molar-refractivity contribution in [3.8, 4) is 11.5 Å². The highest BCUT2D eigenvalue weighted by Gasteiger charge is 2.35. The molecule has 0 unspecified atom stereocenters. The summed E-state index contributed by atoms with van der Waals surface area (Å²) in [5, 5.41) is 11.3. The Morgan fingerprint density at radius 2 is 1.82 bits per heavy atom. The molecular formula is C26H19Cl2IN2O6S. The number of imide groups is 1. The first kappa shape index (κ1) is 28.2. The molecule has 0 aliphatic carbocycles. The van der Waals surface area contributed by atoms with E-state index in [4.69, 9.17) is 32.7 Å². The molecule has 1 fully saturated rings. The minimum atomic E-state index is -0.457. The fourth-order valence-electron chi connectivity index (χ4n) is 3.55. The standard InChI is InChI=1S/C26H19Cl2IN2O6S/c1-2-36-22-10-16(9-21(29)24(22)37-14-15-3-7-19(8-4-15)31(34)35)11-23-25(32)30(26(33)38-23)13-17-5-6-18(27)12-20(17)28/h3-12H,2,13-14H2,1H3/b23-11-. The molecule has 38 heavy (non-hydrogen) atoms. The summed E-state index contributed by atoms with van der Waals surface area (Å²) < 4.78 is 12.5. The molecule has 2 amide bonds. The van der Waals surface area contributed by atoms with Gasteiger partial charge in [-0.15, -0.1) is 0 Å². The average Bonchev–Trinajstić information content (AvgIpc) is 3.12. The van der Waals surface area contributed by atoms with Crippen LogP contribution in [0.5, 0.6) is 11.5 Å². The average molecular weight is 685 g/mol.